The zero-order valence-electron chi connectivity index (χ0n) is 15.6. The Labute approximate surface area is 169 Å². The third kappa shape index (κ3) is 4.52. The van der Waals surface area contributed by atoms with E-state index in [0.717, 1.165) is 44.8 Å². The van der Waals surface area contributed by atoms with Crippen molar-refractivity contribution in [3.8, 4) is 0 Å². The molecular weight excluding hydrogens is 376 g/mol. The average molecular weight is 399 g/mol. The van der Waals surface area contributed by atoms with Gasteiger partial charge in [0.2, 0.25) is 0 Å². The van der Waals surface area contributed by atoms with Crippen LogP contribution in [0.5, 0.6) is 0 Å². The summed E-state index contributed by atoms with van der Waals surface area (Å²) >= 11 is 6.02. The maximum absolute atomic E-state index is 12.9. The van der Waals surface area contributed by atoms with Crippen molar-refractivity contribution in [3.63, 3.8) is 0 Å². The number of pyridine rings is 1. The first-order valence-electron chi connectivity index (χ1n) is 9.49. The number of carbonyl (C=O) groups excluding carboxylic acids is 1. The van der Waals surface area contributed by atoms with Gasteiger partial charge in [-0.3, -0.25) is 9.69 Å². The largest absolute Gasteiger partial charge is 0.379 e. The number of ether oxygens (including phenoxy) is 1. The highest BCUT2D eigenvalue weighted by Gasteiger charge is 2.20. The second-order valence-electron chi connectivity index (χ2n) is 6.92. The van der Waals surface area contributed by atoms with Crippen LogP contribution in [0.1, 0.15) is 28.5 Å². The van der Waals surface area contributed by atoms with Gasteiger partial charge in [0.05, 0.1) is 24.3 Å². The van der Waals surface area contributed by atoms with Crippen LogP contribution >= 0.6 is 11.6 Å². The van der Waals surface area contributed by atoms with Crippen LogP contribution in [-0.4, -0.2) is 53.0 Å². The molecule has 1 atom stereocenters. The Morgan fingerprint density at radius 2 is 1.93 bits per heavy atom. The van der Waals surface area contributed by atoms with Gasteiger partial charge >= 0.3 is 0 Å². The predicted octanol–water partition coefficient (Wildman–Crippen LogP) is 3.18. The molecule has 0 saturated carbocycles. The fraction of sp³-hybridized carbons (Fsp3) is 0.333. The van der Waals surface area contributed by atoms with Crippen molar-refractivity contribution in [1.82, 2.24) is 19.6 Å². The molecule has 0 bridgehead atoms. The maximum Gasteiger partial charge on any atom is 0.271 e. The van der Waals surface area contributed by atoms with E-state index in [2.05, 4.69) is 15.2 Å². The fourth-order valence-corrected chi connectivity index (χ4v) is 3.62. The van der Waals surface area contributed by atoms with E-state index in [4.69, 9.17) is 16.3 Å². The minimum atomic E-state index is -0.185. The molecule has 0 aliphatic carbocycles. The van der Waals surface area contributed by atoms with E-state index < -0.39 is 0 Å². The standard InChI is InChI=1S/C21H23ClN4O2/c22-17-6-7-20-23-19(15-26(20)14-17)21(27)24-18(16-4-2-1-3-5-16)8-9-25-10-12-28-13-11-25/h1-7,14-15,18H,8-13H2,(H,24,27). The lowest BCUT2D eigenvalue weighted by Crippen LogP contribution is -2.39. The Morgan fingerprint density at radius 3 is 2.71 bits per heavy atom. The number of amides is 1. The summed E-state index contributed by atoms with van der Waals surface area (Å²) in [5, 5.41) is 3.76. The molecule has 1 amide bonds. The molecule has 1 unspecified atom stereocenters. The van der Waals surface area contributed by atoms with Crippen molar-refractivity contribution in [2.45, 2.75) is 12.5 Å². The summed E-state index contributed by atoms with van der Waals surface area (Å²) in [4.78, 5) is 19.7. The van der Waals surface area contributed by atoms with Crippen LogP contribution in [0.25, 0.3) is 5.65 Å². The van der Waals surface area contributed by atoms with Gasteiger partial charge in [-0.2, -0.15) is 0 Å². The van der Waals surface area contributed by atoms with Gasteiger partial charge in [0.25, 0.3) is 5.91 Å². The number of benzene rings is 1. The van der Waals surface area contributed by atoms with E-state index in [1.165, 1.54) is 0 Å². The third-order valence-electron chi connectivity index (χ3n) is 4.99. The Balaban J connectivity index is 1.49. The zero-order valence-corrected chi connectivity index (χ0v) is 16.3. The molecule has 4 rings (SSSR count). The van der Waals surface area contributed by atoms with Crippen molar-refractivity contribution in [3.05, 3.63) is 71.1 Å². The molecular formula is C21H23ClN4O2. The van der Waals surface area contributed by atoms with E-state index >= 15 is 0 Å². The van der Waals surface area contributed by atoms with Crippen molar-refractivity contribution >= 4 is 23.2 Å². The molecule has 2 aromatic heterocycles. The Hall–Kier alpha value is -2.41. The number of hydrogen-bond donors (Lipinski definition) is 1. The van der Waals surface area contributed by atoms with Gasteiger partial charge in [0, 0.05) is 32.0 Å². The van der Waals surface area contributed by atoms with E-state index in [-0.39, 0.29) is 11.9 Å². The third-order valence-corrected chi connectivity index (χ3v) is 5.22. The van der Waals surface area contributed by atoms with E-state index in [0.29, 0.717) is 16.4 Å². The monoisotopic (exact) mass is 398 g/mol. The summed E-state index contributed by atoms with van der Waals surface area (Å²) in [6.07, 6.45) is 4.28. The number of morpholine rings is 1. The van der Waals surface area contributed by atoms with Gasteiger partial charge in [0.15, 0.2) is 0 Å². The number of fused-ring (bicyclic) bond motifs is 1. The number of nitrogens with one attached hydrogen (secondary N) is 1. The number of aromatic nitrogens is 2. The summed E-state index contributed by atoms with van der Waals surface area (Å²) < 4.78 is 7.19. The summed E-state index contributed by atoms with van der Waals surface area (Å²) in [5.41, 5.74) is 2.17. The molecule has 28 heavy (non-hydrogen) atoms. The first-order chi connectivity index (χ1) is 13.7. The lowest BCUT2D eigenvalue weighted by molar-refractivity contribution is 0.0360. The number of nitrogens with zero attached hydrogens (tertiary/aromatic N) is 3. The highest BCUT2D eigenvalue weighted by Crippen LogP contribution is 2.19. The van der Waals surface area contributed by atoms with Crippen molar-refractivity contribution in [1.29, 1.82) is 0 Å². The fourth-order valence-electron chi connectivity index (χ4n) is 3.45. The summed E-state index contributed by atoms with van der Waals surface area (Å²) in [7, 11) is 0. The quantitative estimate of drug-likeness (QED) is 0.692. The first-order valence-corrected chi connectivity index (χ1v) is 9.87. The van der Waals surface area contributed by atoms with Gasteiger partial charge in [-0.05, 0) is 24.1 Å². The molecule has 3 aromatic rings. The van der Waals surface area contributed by atoms with Crippen LogP contribution < -0.4 is 5.32 Å². The van der Waals surface area contributed by atoms with Crippen LogP contribution in [-0.2, 0) is 4.74 Å². The van der Waals surface area contributed by atoms with Crippen LogP contribution in [0.3, 0.4) is 0 Å². The highest BCUT2D eigenvalue weighted by molar-refractivity contribution is 6.30. The van der Waals surface area contributed by atoms with Gasteiger partial charge < -0.3 is 14.5 Å². The van der Waals surface area contributed by atoms with Crippen molar-refractivity contribution < 1.29 is 9.53 Å². The second-order valence-corrected chi connectivity index (χ2v) is 7.35. The van der Waals surface area contributed by atoms with E-state index in [1.54, 1.807) is 28.9 Å². The Kier molecular flexibility index (Phi) is 5.90. The van der Waals surface area contributed by atoms with Crippen LogP contribution in [0.2, 0.25) is 5.02 Å². The number of hydrogen-bond acceptors (Lipinski definition) is 4. The molecule has 6 nitrogen and oxygen atoms in total. The Morgan fingerprint density at radius 1 is 1.14 bits per heavy atom. The van der Waals surface area contributed by atoms with E-state index in [1.807, 2.05) is 30.3 Å². The lowest BCUT2D eigenvalue weighted by Gasteiger charge is -2.28. The van der Waals surface area contributed by atoms with Crippen molar-refractivity contribution in [2.75, 3.05) is 32.8 Å². The molecule has 3 heterocycles. The predicted molar refractivity (Wildman–Crippen MR) is 109 cm³/mol. The number of halogens is 1. The normalized spacial score (nSPS) is 16.2. The summed E-state index contributed by atoms with van der Waals surface area (Å²) in [5.74, 6) is -0.185. The molecule has 1 fully saturated rings. The highest BCUT2D eigenvalue weighted by atomic mass is 35.5. The SMILES string of the molecule is O=C(NC(CCN1CCOCC1)c1ccccc1)c1cn2cc(Cl)ccc2n1. The topological polar surface area (TPSA) is 58.9 Å². The molecule has 7 heteroatoms. The first kappa shape index (κ1) is 18.9. The smallest absolute Gasteiger partial charge is 0.271 e. The number of rotatable bonds is 6. The van der Waals surface area contributed by atoms with Gasteiger partial charge in [-0.1, -0.05) is 41.9 Å². The zero-order chi connectivity index (χ0) is 19.3. The molecule has 0 radical (unpaired) electrons. The lowest BCUT2D eigenvalue weighted by atomic mass is 10.0. The molecule has 1 aliphatic heterocycles. The van der Waals surface area contributed by atoms with Gasteiger partial charge in [-0.15, -0.1) is 0 Å². The average Bonchev–Trinajstić information content (AvgIpc) is 3.16. The molecule has 1 aliphatic rings. The summed E-state index contributed by atoms with van der Waals surface area (Å²) in [6.45, 7) is 4.31. The van der Waals surface area contributed by atoms with Gasteiger partial charge in [0.1, 0.15) is 11.3 Å². The van der Waals surface area contributed by atoms with Gasteiger partial charge in [-0.25, -0.2) is 4.98 Å². The minimum absolute atomic E-state index is 0.0788. The number of imidazole rings is 1. The maximum atomic E-state index is 12.9. The molecule has 0 spiro atoms. The molecule has 146 valence electrons. The van der Waals surface area contributed by atoms with Crippen LogP contribution in [0, 0.1) is 0 Å². The molecule has 1 aromatic carbocycles. The summed E-state index contributed by atoms with van der Waals surface area (Å²) in [6, 6.07) is 13.6. The van der Waals surface area contributed by atoms with Crippen LogP contribution in [0.15, 0.2) is 54.9 Å². The number of carbonyl (C=O) groups is 1. The molecule has 1 N–H and O–H groups in total. The Bertz CT molecular complexity index is 938. The second kappa shape index (κ2) is 8.73. The molecule has 1 saturated heterocycles. The minimum Gasteiger partial charge on any atom is -0.379 e. The van der Waals surface area contributed by atoms with Crippen molar-refractivity contribution in [2.24, 2.45) is 0 Å². The van der Waals surface area contributed by atoms with E-state index in [9.17, 15) is 4.79 Å². The van der Waals surface area contributed by atoms with Crippen LogP contribution in [0.4, 0.5) is 0 Å².